The van der Waals surface area contributed by atoms with E-state index in [4.69, 9.17) is 0 Å². The zero-order valence-electron chi connectivity index (χ0n) is 10.5. The van der Waals surface area contributed by atoms with Crippen LogP contribution in [0.1, 0.15) is 22.7 Å². The predicted molar refractivity (Wildman–Crippen MR) is 66.3 cm³/mol. The van der Waals surface area contributed by atoms with E-state index >= 15 is 0 Å². The molecule has 15 heavy (non-hydrogen) atoms. The van der Waals surface area contributed by atoms with Crippen molar-refractivity contribution in [2.45, 2.75) is 19.9 Å². The zero-order chi connectivity index (χ0) is 11.4. The van der Waals surface area contributed by atoms with Gasteiger partial charge in [-0.05, 0) is 46.1 Å². The Hall–Kier alpha value is -0.860. The SMILES string of the molecule is CNC(CN(C)C)c1ccc(C)cc1C. The highest BCUT2D eigenvalue weighted by molar-refractivity contribution is 5.32. The fraction of sp³-hybridized carbons (Fsp3) is 0.538. The Morgan fingerprint density at radius 2 is 1.93 bits per heavy atom. The minimum absolute atomic E-state index is 0.417. The lowest BCUT2D eigenvalue weighted by atomic mass is 9.99. The lowest BCUT2D eigenvalue weighted by Crippen LogP contribution is -2.29. The van der Waals surface area contributed by atoms with Gasteiger partial charge in [-0.3, -0.25) is 0 Å². The van der Waals surface area contributed by atoms with Crippen LogP contribution in [-0.4, -0.2) is 32.6 Å². The van der Waals surface area contributed by atoms with E-state index in [9.17, 15) is 0 Å². The van der Waals surface area contributed by atoms with Gasteiger partial charge in [-0.15, -0.1) is 0 Å². The van der Waals surface area contributed by atoms with Crippen LogP contribution in [0.2, 0.25) is 0 Å². The molecule has 0 aliphatic carbocycles. The van der Waals surface area contributed by atoms with Crippen molar-refractivity contribution >= 4 is 0 Å². The highest BCUT2D eigenvalue weighted by Crippen LogP contribution is 2.19. The summed E-state index contributed by atoms with van der Waals surface area (Å²) in [4.78, 5) is 2.21. The third-order valence-electron chi connectivity index (χ3n) is 2.70. The average molecular weight is 206 g/mol. The van der Waals surface area contributed by atoms with Crippen LogP contribution in [0.3, 0.4) is 0 Å². The molecule has 0 aliphatic rings. The summed E-state index contributed by atoms with van der Waals surface area (Å²) in [6.07, 6.45) is 0. The Balaban J connectivity index is 2.91. The van der Waals surface area contributed by atoms with Gasteiger partial charge in [0.1, 0.15) is 0 Å². The number of nitrogens with zero attached hydrogens (tertiary/aromatic N) is 1. The first-order chi connectivity index (χ1) is 7.04. The van der Waals surface area contributed by atoms with E-state index in [1.807, 2.05) is 7.05 Å². The second-order valence-corrected chi connectivity index (χ2v) is 4.46. The summed E-state index contributed by atoms with van der Waals surface area (Å²) in [5.74, 6) is 0. The van der Waals surface area contributed by atoms with E-state index in [1.165, 1.54) is 16.7 Å². The molecule has 84 valence electrons. The van der Waals surface area contributed by atoms with E-state index in [1.54, 1.807) is 0 Å². The smallest absolute Gasteiger partial charge is 0.0449 e. The van der Waals surface area contributed by atoms with Gasteiger partial charge >= 0.3 is 0 Å². The van der Waals surface area contributed by atoms with Crippen molar-refractivity contribution in [3.8, 4) is 0 Å². The zero-order valence-corrected chi connectivity index (χ0v) is 10.5. The summed E-state index contributed by atoms with van der Waals surface area (Å²) in [7, 11) is 6.23. The molecular weight excluding hydrogens is 184 g/mol. The van der Waals surface area contributed by atoms with E-state index in [2.05, 4.69) is 56.4 Å². The van der Waals surface area contributed by atoms with E-state index < -0.39 is 0 Å². The lowest BCUT2D eigenvalue weighted by Gasteiger charge is -2.22. The molecule has 0 aliphatic heterocycles. The van der Waals surface area contributed by atoms with Gasteiger partial charge in [0.2, 0.25) is 0 Å². The molecule has 2 nitrogen and oxygen atoms in total. The summed E-state index contributed by atoms with van der Waals surface area (Å²) in [6.45, 7) is 5.35. The van der Waals surface area contributed by atoms with Crippen molar-refractivity contribution < 1.29 is 0 Å². The second-order valence-electron chi connectivity index (χ2n) is 4.46. The standard InChI is InChI=1S/C13H22N2/c1-10-6-7-12(11(2)8-10)13(14-3)9-15(4)5/h6-8,13-14H,9H2,1-5H3. The number of nitrogens with one attached hydrogen (secondary N) is 1. The van der Waals surface area contributed by atoms with Crippen LogP contribution in [0, 0.1) is 13.8 Å². The number of aryl methyl sites for hydroxylation is 2. The Kier molecular flexibility index (Phi) is 4.30. The Labute approximate surface area is 93.3 Å². The summed E-state index contributed by atoms with van der Waals surface area (Å²) < 4.78 is 0. The molecule has 0 heterocycles. The number of hydrogen-bond donors (Lipinski definition) is 1. The van der Waals surface area contributed by atoms with Crippen molar-refractivity contribution in [2.75, 3.05) is 27.7 Å². The molecule has 0 aromatic heterocycles. The molecule has 0 bridgehead atoms. The van der Waals surface area contributed by atoms with Crippen LogP contribution < -0.4 is 5.32 Å². The average Bonchev–Trinajstić information content (AvgIpc) is 2.14. The predicted octanol–water partition coefficient (Wildman–Crippen LogP) is 2.13. The second kappa shape index (κ2) is 5.29. The van der Waals surface area contributed by atoms with Crippen molar-refractivity contribution in [3.63, 3.8) is 0 Å². The van der Waals surface area contributed by atoms with Crippen LogP contribution >= 0.6 is 0 Å². The molecular formula is C13H22N2. The van der Waals surface area contributed by atoms with E-state index in [0.29, 0.717) is 6.04 Å². The maximum Gasteiger partial charge on any atom is 0.0449 e. The first-order valence-electron chi connectivity index (χ1n) is 5.43. The first kappa shape index (κ1) is 12.2. The van der Waals surface area contributed by atoms with Gasteiger partial charge in [0.25, 0.3) is 0 Å². The summed E-state index contributed by atoms with van der Waals surface area (Å²) in [5.41, 5.74) is 4.10. The minimum atomic E-state index is 0.417. The molecule has 0 saturated carbocycles. The van der Waals surface area contributed by atoms with Gasteiger partial charge in [-0.1, -0.05) is 23.8 Å². The summed E-state index contributed by atoms with van der Waals surface area (Å²) >= 11 is 0. The summed E-state index contributed by atoms with van der Waals surface area (Å²) in [6, 6.07) is 7.08. The third-order valence-corrected chi connectivity index (χ3v) is 2.70. The normalized spacial score (nSPS) is 13.2. The van der Waals surface area contributed by atoms with Crippen LogP contribution in [0.15, 0.2) is 18.2 Å². The quantitative estimate of drug-likeness (QED) is 0.812. The van der Waals surface area contributed by atoms with Crippen molar-refractivity contribution in [1.82, 2.24) is 10.2 Å². The highest BCUT2D eigenvalue weighted by Gasteiger charge is 2.12. The maximum atomic E-state index is 3.37. The van der Waals surface area contributed by atoms with Gasteiger partial charge in [0.05, 0.1) is 0 Å². The number of benzene rings is 1. The van der Waals surface area contributed by atoms with Gasteiger partial charge < -0.3 is 10.2 Å². The number of hydrogen-bond acceptors (Lipinski definition) is 2. The van der Waals surface area contributed by atoms with Crippen LogP contribution in [0.5, 0.6) is 0 Å². The summed E-state index contributed by atoms with van der Waals surface area (Å²) in [5, 5.41) is 3.37. The third kappa shape index (κ3) is 3.33. The van der Waals surface area contributed by atoms with Crippen molar-refractivity contribution in [1.29, 1.82) is 0 Å². The molecule has 2 heteroatoms. The molecule has 1 unspecified atom stereocenters. The Bertz CT molecular complexity index is 318. The van der Waals surface area contributed by atoms with Crippen LogP contribution in [-0.2, 0) is 0 Å². The molecule has 1 aromatic carbocycles. The largest absolute Gasteiger partial charge is 0.312 e. The van der Waals surface area contributed by atoms with Gasteiger partial charge in [-0.25, -0.2) is 0 Å². The van der Waals surface area contributed by atoms with Gasteiger partial charge in [-0.2, -0.15) is 0 Å². The van der Waals surface area contributed by atoms with Crippen molar-refractivity contribution in [3.05, 3.63) is 34.9 Å². The molecule has 1 rings (SSSR count). The minimum Gasteiger partial charge on any atom is -0.312 e. The van der Waals surface area contributed by atoms with E-state index in [-0.39, 0.29) is 0 Å². The maximum absolute atomic E-state index is 3.37. The molecule has 0 radical (unpaired) electrons. The molecule has 1 aromatic rings. The first-order valence-corrected chi connectivity index (χ1v) is 5.43. The molecule has 0 spiro atoms. The van der Waals surface area contributed by atoms with Crippen LogP contribution in [0.25, 0.3) is 0 Å². The molecule has 1 atom stereocenters. The van der Waals surface area contributed by atoms with Crippen molar-refractivity contribution in [2.24, 2.45) is 0 Å². The van der Waals surface area contributed by atoms with Gasteiger partial charge in [0.15, 0.2) is 0 Å². The van der Waals surface area contributed by atoms with Crippen LogP contribution in [0.4, 0.5) is 0 Å². The molecule has 0 saturated heterocycles. The fourth-order valence-corrected chi connectivity index (χ4v) is 1.93. The fourth-order valence-electron chi connectivity index (χ4n) is 1.93. The molecule has 0 fully saturated rings. The van der Waals surface area contributed by atoms with Gasteiger partial charge in [0, 0.05) is 12.6 Å². The Morgan fingerprint density at radius 1 is 1.27 bits per heavy atom. The van der Waals surface area contributed by atoms with E-state index in [0.717, 1.165) is 6.54 Å². The number of rotatable bonds is 4. The number of likely N-dealkylation sites (N-methyl/N-ethyl adjacent to an activating group) is 2. The molecule has 0 amide bonds. The topological polar surface area (TPSA) is 15.3 Å². The molecule has 1 N–H and O–H groups in total. The highest BCUT2D eigenvalue weighted by atomic mass is 15.1. The lowest BCUT2D eigenvalue weighted by molar-refractivity contribution is 0.352. The Morgan fingerprint density at radius 3 is 2.40 bits per heavy atom. The monoisotopic (exact) mass is 206 g/mol.